The number of halogens is 1. The summed E-state index contributed by atoms with van der Waals surface area (Å²) in [6.07, 6.45) is 6.82. The number of anilines is 2. The smallest absolute Gasteiger partial charge is 0.237 e. The number of rotatable bonds is 4. The second kappa shape index (κ2) is 7.37. The first-order valence-electron chi connectivity index (χ1n) is 7.60. The summed E-state index contributed by atoms with van der Waals surface area (Å²) in [5.41, 5.74) is 0.927. The first-order chi connectivity index (χ1) is 11.3. The molecule has 0 atom stereocenters. The van der Waals surface area contributed by atoms with Crippen molar-refractivity contribution in [2.75, 3.05) is 24.3 Å². The number of carbonyl (C=O) groups excluding carboxylic acids is 1. The lowest BCUT2D eigenvalue weighted by Gasteiger charge is -2.31. The summed E-state index contributed by atoms with van der Waals surface area (Å²) in [5, 5.41) is 3.23. The Hall–Kier alpha value is -2.21. The monoisotopic (exact) mass is 331 g/mol. The van der Waals surface area contributed by atoms with Crippen LogP contribution in [0.25, 0.3) is 0 Å². The van der Waals surface area contributed by atoms with Gasteiger partial charge in [0.05, 0.1) is 5.69 Å². The number of alkyl halides is 1. The Morgan fingerprint density at radius 1 is 1.17 bits per heavy atom. The van der Waals surface area contributed by atoms with Crippen LogP contribution in [0.3, 0.4) is 0 Å². The van der Waals surface area contributed by atoms with Gasteiger partial charge in [0.15, 0.2) is 5.82 Å². The van der Waals surface area contributed by atoms with Crippen molar-refractivity contribution in [3.63, 3.8) is 0 Å². The molecule has 1 N–H and O–H groups in total. The van der Waals surface area contributed by atoms with E-state index in [4.69, 9.17) is 11.6 Å². The normalized spacial score (nSPS) is 15.4. The third-order valence-corrected chi connectivity index (χ3v) is 4.22. The predicted octanol–water partition coefficient (Wildman–Crippen LogP) is 2.56. The lowest BCUT2D eigenvalue weighted by Crippen LogP contribution is -2.38. The molecule has 3 rings (SSSR count). The number of hydrogen-bond donors (Lipinski definition) is 1. The van der Waals surface area contributed by atoms with E-state index in [0.717, 1.165) is 30.2 Å². The summed E-state index contributed by atoms with van der Waals surface area (Å²) in [6, 6.07) is 5.67. The van der Waals surface area contributed by atoms with Crippen LogP contribution in [0.1, 0.15) is 24.5 Å². The molecule has 23 heavy (non-hydrogen) atoms. The van der Waals surface area contributed by atoms with Crippen molar-refractivity contribution in [2.45, 2.75) is 18.8 Å². The van der Waals surface area contributed by atoms with Gasteiger partial charge in [-0.25, -0.2) is 9.97 Å². The molecule has 0 unspecified atom stereocenters. The van der Waals surface area contributed by atoms with Crippen molar-refractivity contribution in [1.29, 1.82) is 0 Å². The zero-order valence-corrected chi connectivity index (χ0v) is 13.4. The van der Waals surface area contributed by atoms with Crippen LogP contribution in [-0.2, 0) is 4.79 Å². The molecule has 0 bridgehead atoms. The predicted molar refractivity (Wildman–Crippen MR) is 88.8 cm³/mol. The largest absolute Gasteiger partial charge is 0.342 e. The van der Waals surface area contributed by atoms with E-state index < -0.39 is 0 Å². The maximum atomic E-state index is 11.7. The Morgan fingerprint density at radius 2 is 1.96 bits per heavy atom. The van der Waals surface area contributed by atoms with Gasteiger partial charge in [-0.15, -0.1) is 11.6 Å². The van der Waals surface area contributed by atoms with Crippen LogP contribution >= 0.6 is 11.6 Å². The Bertz CT molecular complexity index is 659. The van der Waals surface area contributed by atoms with Crippen molar-refractivity contribution in [1.82, 2.24) is 19.9 Å². The number of hydrogen-bond acceptors (Lipinski definition) is 5. The van der Waals surface area contributed by atoms with Crippen molar-refractivity contribution >= 4 is 29.1 Å². The van der Waals surface area contributed by atoms with E-state index in [9.17, 15) is 4.79 Å². The molecule has 3 heterocycles. The van der Waals surface area contributed by atoms with Crippen LogP contribution in [-0.4, -0.2) is 44.7 Å². The van der Waals surface area contributed by atoms with E-state index in [-0.39, 0.29) is 17.7 Å². The fraction of sp³-hybridized carbons (Fsp3) is 0.375. The molecule has 1 fully saturated rings. The number of amides is 1. The van der Waals surface area contributed by atoms with Crippen LogP contribution in [0.15, 0.2) is 36.8 Å². The topological polar surface area (TPSA) is 71.0 Å². The van der Waals surface area contributed by atoms with E-state index in [0.29, 0.717) is 13.1 Å². The summed E-state index contributed by atoms with van der Waals surface area (Å²) in [6.45, 7) is 1.41. The summed E-state index contributed by atoms with van der Waals surface area (Å²) in [4.78, 5) is 26.6. The highest BCUT2D eigenvalue weighted by Crippen LogP contribution is 2.31. The van der Waals surface area contributed by atoms with Gasteiger partial charge in [-0.3, -0.25) is 9.78 Å². The fourth-order valence-corrected chi connectivity index (χ4v) is 2.96. The van der Waals surface area contributed by atoms with Crippen molar-refractivity contribution in [2.24, 2.45) is 0 Å². The molecule has 0 spiro atoms. The fourth-order valence-electron chi connectivity index (χ4n) is 2.79. The van der Waals surface area contributed by atoms with Gasteiger partial charge in [-0.2, -0.15) is 0 Å². The van der Waals surface area contributed by atoms with Crippen LogP contribution in [0.4, 0.5) is 11.6 Å². The molecule has 1 aliphatic rings. The van der Waals surface area contributed by atoms with Crippen molar-refractivity contribution in [3.8, 4) is 0 Å². The average molecular weight is 332 g/mol. The molecule has 0 aromatic carbocycles. The van der Waals surface area contributed by atoms with Crippen molar-refractivity contribution < 1.29 is 4.79 Å². The number of carbonyl (C=O) groups is 1. The van der Waals surface area contributed by atoms with E-state index in [1.807, 2.05) is 23.1 Å². The van der Waals surface area contributed by atoms with Crippen LogP contribution in [0.5, 0.6) is 0 Å². The molecular formula is C16H18ClN5O. The van der Waals surface area contributed by atoms with Crippen molar-refractivity contribution in [3.05, 3.63) is 42.5 Å². The Balaban J connectivity index is 1.73. The molecule has 120 valence electrons. The second-order valence-corrected chi connectivity index (χ2v) is 5.69. The van der Waals surface area contributed by atoms with Gasteiger partial charge in [0.1, 0.15) is 11.7 Å². The van der Waals surface area contributed by atoms with Gasteiger partial charge in [-0.1, -0.05) is 6.07 Å². The second-order valence-electron chi connectivity index (χ2n) is 5.42. The number of pyridine rings is 1. The number of aromatic nitrogens is 3. The number of nitrogens with one attached hydrogen (secondary N) is 1. The molecule has 1 amide bonds. The Labute approximate surface area is 139 Å². The van der Waals surface area contributed by atoms with E-state index in [1.54, 1.807) is 18.6 Å². The minimum atomic E-state index is -0.00361. The highest BCUT2D eigenvalue weighted by atomic mass is 35.5. The first kappa shape index (κ1) is 15.7. The highest BCUT2D eigenvalue weighted by Gasteiger charge is 2.26. The molecule has 0 aliphatic carbocycles. The van der Waals surface area contributed by atoms with Gasteiger partial charge in [-0.05, 0) is 25.0 Å². The zero-order chi connectivity index (χ0) is 16.1. The molecule has 2 aromatic rings. The third kappa shape index (κ3) is 3.76. The van der Waals surface area contributed by atoms with E-state index in [1.165, 1.54) is 0 Å². The molecule has 2 aromatic heterocycles. The number of likely N-dealkylation sites (tertiary alicyclic amines) is 1. The maximum Gasteiger partial charge on any atom is 0.237 e. The summed E-state index contributed by atoms with van der Waals surface area (Å²) >= 11 is 5.62. The van der Waals surface area contributed by atoms with Crippen LogP contribution < -0.4 is 5.32 Å². The van der Waals surface area contributed by atoms with Gasteiger partial charge in [0, 0.05) is 37.6 Å². The van der Waals surface area contributed by atoms with Crippen LogP contribution in [0.2, 0.25) is 0 Å². The zero-order valence-electron chi connectivity index (χ0n) is 12.7. The molecular weight excluding hydrogens is 314 g/mol. The lowest BCUT2D eigenvalue weighted by atomic mass is 9.93. The quantitative estimate of drug-likeness (QED) is 0.872. The standard InChI is InChI=1S/C16H18ClN5O/c17-11-14(23)22-9-4-12(5-10-22)15-16(20-8-7-19-15)21-13-3-1-2-6-18-13/h1-3,6-8,12H,4-5,9-11H2,(H,18,20,21). The Kier molecular flexibility index (Phi) is 5.02. The molecule has 6 nitrogen and oxygen atoms in total. The summed E-state index contributed by atoms with van der Waals surface area (Å²) < 4.78 is 0. The Morgan fingerprint density at radius 3 is 2.65 bits per heavy atom. The molecule has 7 heteroatoms. The highest BCUT2D eigenvalue weighted by molar-refractivity contribution is 6.27. The summed E-state index contributed by atoms with van der Waals surface area (Å²) in [7, 11) is 0. The maximum absolute atomic E-state index is 11.7. The van der Waals surface area contributed by atoms with Gasteiger partial charge in [0.25, 0.3) is 0 Å². The molecule has 0 radical (unpaired) electrons. The number of piperidine rings is 1. The van der Waals surface area contributed by atoms with Gasteiger partial charge >= 0.3 is 0 Å². The lowest BCUT2D eigenvalue weighted by molar-refractivity contribution is -0.129. The van der Waals surface area contributed by atoms with E-state index in [2.05, 4.69) is 20.3 Å². The minimum absolute atomic E-state index is 0.00361. The van der Waals surface area contributed by atoms with Gasteiger partial charge < -0.3 is 10.2 Å². The van der Waals surface area contributed by atoms with Crippen LogP contribution in [0, 0.1) is 0 Å². The first-order valence-corrected chi connectivity index (χ1v) is 8.14. The third-order valence-electron chi connectivity index (χ3n) is 3.99. The SMILES string of the molecule is O=C(CCl)N1CCC(c2nccnc2Nc2ccccn2)CC1. The van der Waals surface area contributed by atoms with Gasteiger partial charge in [0.2, 0.25) is 5.91 Å². The number of nitrogens with zero attached hydrogens (tertiary/aromatic N) is 4. The summed E-state index contributed by atoms with van der Waals surface area (Å²) in [5.74, 6) is 1.78. The average Bonchev–Trinajstić information content (AvgIpc) is 2.62. The molecule has 1 saturated heterocycles. The minimum Gasteiger partial charge on any atom is -0.342 e. The molecule has 0 saturated carbocycles. The van der Waals surface area contributed by atoms with E-state index >= 15 is 0 Å². The molecule has 1 aliphatic heterocycles.